The zero-order valence-electron chi connectivity index (χ0n) is 11.0. The van der Waals surface area contributed by atoms with Gasteiger partial charge in [0.25, 0.3) is 5.91 Å². The maximum Gasteiger partial charge on any atom is 0.338 e. The normalized spacial score (nSPS) is 10.1. The Labute approximate surface area is 128 Å². The van der Waals surface area contributed by atoms with Crippen LogP contribution in [0.1, 0.15) is 20.0 Å². The summed E-state index contributed by atoms with van der Waals surface area (Å²) in [6.07, 6.45) is 0. The fourth-order valence-electron chi connectivity index (χ4n) is 1.62. The van der Waals surface area contributed by atoms with Crippen LogP contribution in [0.2, 0.25) is 0 Å². The third-order valence-corrected chi connectivity index (χ3v) is 4.30. The van der Waals surface area contributed by atoms with Crippen molar-refractivity contribution < 1.29 is 19.5 Å². The Balaban J connectivity index is 1.97. The molecule has 0 saturated carbocycles. The first-order chi connectivity index (χ1) is 9.99. The van der Waals surface area contributed by atoms with E-state index in [-0.39, 0.29) is 23.0 Å². The minimum absolute atomic E-state index is 0.0422. The summed E-state index contributed by atoms with van der Waals surface area (Å²) in [4.78, 5) is 36.6. The van der Waals surface area contributed by atoms with Gasteiger partial charge in [0.2, 0.25) is 5.91 Å². The monoisotopic (exact) mass is 324 g/mol. The molecule has 8 heteroatoms. The van der Waals surface area contributed by atoms with Crippen LogP contribution in [0.4, 0.5) is 5.00 Å². The number of hydrogen-bond acceptors (Lipinski definition) is 5. The van der Waals surface area contributed by atoms with Crippen LogP contribution in [-0.4, -0.2) is 41.4 Å². The van der Waals surface area contributed by atoms with E-state index >= 15 is 0 Å². The van der Waals surface area contributed by atoms with E-state index < -0.39 is 11.9 Å². The summed E-state index contributed by atoms with van der Waals surface area (Å²) in [7, 11) is 1.52. The molecular weight excluding hydrogens is 312 g/mol. The second-order valence-corrected chi connectivity index (χ2v) is 6.02. The van der Waals surface area contributed by atoms with Crippen LogP contribution in [0, 0.1) is 0 Å². The summed E-state index contributed by atoms with van der Waals surface area (Å²) in [5.74, 6) is -1.79. The van der Waals surface area contributed by atoms with E-state index in [0.29, 0.717) is 4.88 Å². The smallest absolute Gasteiger partial charge is 0.338 e. The van der Waals surface area contributed by atoms with Gasteiger partial charge in [0.05, 0.1) is 17.0 Å². The van der Waals surface area contributed by atoms with Crippen LogP contribution >= 0.6 is 22.7 Å². The highest BCUT2D eigenvalue weighted by molar-refractivity contribution is 7.14. The lowest BCUT2D eigenvalue weighted by Crippen LogP contribution is -2.34. The number of rotatable bonds is 5. The summed E-state index contributed by atoms with van der Waals surface area (Å²) >= 11 is 2.42. The zero-order valence-corrected chi connectivity index (χ0v) is 12.7. The molecule has 2 aromatic rings. The molecule has 2 rings (SSSR count). The van der Waals surface area contributed by atoms with E-state index in [2.05, 4.69) is 5.32 Å². The topological polar surface area (TPSA) is 86.7 Å². The van der Waals surface area contributed by atoms with Gasteiger partial charge in [0.15, 0.2) is 0 Å². The van der Waals surface area contributed by atoms with Crippen molar-refractivity contribution in [2.45, 2.75) is 0 Å². The van der Waals surface area contributed by atoms with Crippen LogP contribution in [-0.2, 0) is 4.79 Å². The number of aromatic carboxylic acids is 1. The number of nitrogens with one attached hydrogen (secondary N) is 1. The van der Waals surface area contributed by atoms with Crippen LogP contribution in [0.5, 0.6) is 0 Å². The predicted octanol–water partition coefficient (Wildman–Crippen LogP) is 2.22. The molecule has 110 valence electrons. The third kappa shape index (κ3) is 3.67. The van der Waals surface area contributed by atoms with Crippen molar-refractivity contribution in [2.24, 2.45) is 0 Å². The number of amides is 2. The summed E-state index contributed by atoms with van der Waals surface area (Å²) in [5.41, 5.74) is 0.0422. The Morgan fingerprint density at radius 3 is 2.62 bits per heavy atom. The molecule has 21 heavy (non-hydrogen) atoms. The number of carboxylic acids is 1. The van der Waals surface area contributed by atoms with Gasteiger partial charge >= 0.3 is 5.97 Å². The molecule has 0 unspecified atom stereocenters. The molecule has 2 amide bonds. The van der Waals surface area contributed by atoms with Crippen molar-refractivity contribution in [1.29, 1.82) is 0 Å². The van der Waals surface area contributed by atoms with Crippen molar-refractivity contribution in [3.8, 4) is 0 Å². The molecule has 0 spiro atoms. The molecule has 2 aromatic heterocycles. The van der Waals surface area contributed by atoms with Crippen molar-refractivity contribution >= 4 is 45.5 Å². The largest absolute Gasteiger partial charge is 0.478 e. The minimum Gasteiger partial charge on any atom is -0.478 e. The number of thiophene rings is 2. The zero-order chi connectivity index (χ0) is 15.4. The van der Waals surface area contributed by atoms with Crippen LogP contribution in [0.3, 0.4) is 0 Å². The summed E-state index contributed by atoms with van der Waals surface area (Å²) in [6.45, 7) is -0.145. The predicted molar refractivity (Wildman–Crippen MR) is 81.2 cm³/mol. The lowest BCUT2D eigenvalue weighted by molar-refractivity contribution is -0.116. The molecule has 2 heterocycles. The van der Waals surface area contributed by atoms with E-state index in [1.54, 1.807) is 22.9 Å². The second kappa shape index (κ2) is 6.51. The molecule has 0 aliphatic rings. The molecule has 0 aliphatic heterocycles. The molecule has 0 atom stereocenters. The number of anilines is 1. The van der Waals surface area contributed by atoms with Gasteiger partial charge < -0.3 is 15.3 Å². The van der Waals surface area contributed by atoms with Crippen molar-refractivity contribution in [1.82, 2.24) is 4.90 Å². The van der Waals surface area contributed by atoms with Crippen LogP contribution < -0.4 is 5.32 Å². The van der Waals surface area contributed by atoms with Gasteiger partial charge in [-0.3, -0.25) is 9.59 Å². The number of likely N-dealkylation sites (N-methyl/N-ethyl adjacent to an activating group) is 1. The number of carbonyl (C=O) groups excluding carboxylic acids is 2. The highest BCUT2D eigenvalue weighted by Crippen LogP contribution is 2.23. The van der Waals surface area contributed by atoms with Crippen molar-refractivity contribution in [3.05, 3.63) is 39.4 Å². The molecule has 6 nitrogen and oxygen atoms in total. The highest BCUT2D eigenvalue weighted by atomic mass is 32.1. The van der Waals surface area contributed by atoms with E-state index in [1.165, 1.54) is 29.4 Å². The lowest BCUT2D eigenvalue weighted by atomic mass is 10.3. The van der Waals surface area contributed by atoms with E-state index in [1.807, 2.05) is 0 Å². The molecule has 0 saturated heterocycles. The summed E-state index contributed by atoms with van der Waals surface area (Å²) < 4.78 is 0. The Bertz CT molecular complexity index is 664. The molecule has 0 fully saturated rings. The summed E-state index contributed by atoms with van der Waals surface area (Å²) in [6, 6.07) is 4.86. The standard InChI is InChI=1S/C13H12N2O4S2/c1-15(12(17)9-3-2-5-20-9)7-10(16)14-11-8(13(18)19)4-6-21-11/h2-6H,7H2,1H3,(H,14,16)(H,18,19). The van der Waals surface area contributed by atoms with Gasteiger partial charge in [-0.2, -0.15) is 0 Å². The van der Waals surface area contributed by atoms with E-state index in [4.69, 9.17) is 5.11 Å². The van der Waals surface area contributed by atoms with Gasteiger partial charge in [-0.15, -0.1) is 22.7 Å². The Kier molecular flexibility index (Phi) is 4.71. The number of carbonyl (C=O) groups is 3. The molecule has 0 aromatic carbocycles. The quantitative estimate of drug-likeness (QED) is 0.883. The van der Waals surface area contributed by atoms with Gasteiger partial charge in [0, 0.05) is 7.05 Å². The Morgan fingerprint density at radius 1 is 1.24 bits per heavy atom. The minimum atomic E-state index is -1.10. The first-order valence-corrected chi connectivity index (χ1v) is 7.64. The Morgan fingerprint density at radius 2 is 2.00 bits per heavy atom. The second-order valence-electron chi connectivity index (χ2n) is 4.16. The molecule has 0 aliphatic carbocycles. The number of nitrogens with zero attached hydrogens (tertiary/aromatic N) is 1. The summed E-state index contributed by atoms with van der Waals surface area (Å²) in [5, 5.41) is 15.1. The first kappa shape index (κ1) is 15.2. The van der Waals surface area contributed by atoms with E-state index in [9.17, 15) is 14.4 Å². The average Bonchev–Trinajstić information content (AvgIpc) is 3.08. The Hall–Kier alpha value is -2.19. The first-order valence-electron chi connectivity index (χ1n) is 5.88. The van der Waals surface area contributed by atoms with E-state index in [0.717, 1.165) is 11.3 Å². The molecule has 0 bridgehead atoms. The van der Waals surface area contributed by atoms with Crippen LogP contribution in [0.15, 0.2) is 29.0 Å². The lowest BCUT2D eigenvalue weighted by Gasteiger charge is -2.15. The number of hydrogen-bond donors (Lipinski definition) is 2. The highest BCUT2D eigenvalue weighted by Gasteiger charge is 2.18. The maximum atomic E-state index is 12.0. The average molecular weight is 324 g/mol. The maximum absolute atomic E-state index is 12.0. The van der Waals surface area contributed by atoms with Crippen molar-refractivity contribution in [2.75, 3.05) is 18.9 Å². The molecule has 2 N–H and O–H groups in total. The fourth-order valence-corrected chi connectivity index (χ4v) is 3.13. The third-order valence-electron chi connectivity index (χ3n) is 2.61. The van der Waals surface area contributed by atoms with Gasteiger partial charge in [0.1, 0.15) is 5.00 Å². The molecular formula is C13H12N2O4S2. The SMILES string of the molecule is CN(CC(=O)Nc1sccc1C(=O)O)C(=O)c1cccs1. The molecule has 0 radical (unpaired) electrons. The fraction of sp³-hybridized carbons (Fsp3) is 0.154. The van der Waals surface area contributed by atoms with Gasteiger partial charge in [-0.05, 0) is 22.9 Å². The number of carboxylic acid groups (broad SMARTS) is 1. The van der Waals surface area contributed by atoms with Gasteiger partial charge in [-0.1, -0.05) is 6.07 Å². The van der Waals surface area contributed by atoms with Crippen molar-refractivity contribution in [3.63, 3.8) is 0 Å². The van der Waals surface area contributed by atoms with Gasteiger partial charge in [-0.25, -0.2) is 4.79 Å². The van der Waals surface area contributed by atoms with Crippen LogP contribution in [0.25, 0.3) is 0 Å².